The van der Waals surface area contributed by atoms with Gasteiger partial charge in [0.15, 0.2) is 5.43 Å². The third-order valence-electron chi connectivity index (χ3n) is 5.64. The Hall–Kier alpha value is -2.83. The molecule has 2 aromatic carbocycles. The van der Waals surface area contributed by atoms with E-state index in [2.05, 4.69) is 4.90 Å². The van der Waals surface area contributed by atoms with E-state index in [1.165, 1.54) is 38.6 Å². The molecule has 1 fully saturated rings. The van der Waals surface area contributed by atoms with Crippen LogP contribution in [0.2, 0.25) is 0 Å². The van der Waals surface area contributed by atoms with Gasteiger partial charge >= 0.3 is 0 Å². The standard InChI is InChI=1S/C25H29NO5/c1-28-20-7-5-19(6-8-20)23-18-31-24-17-21(9-10-22(24)25(23)27)30-16-15-29-14-13-26-11-3-2-4-12-26/h5-10,17-18H,2-4,11-16H2,1H3. The van der Waals surface area contributed by atoms with Crippen LogP contribution >= 0.6 is 0 Å². The summed E-state index contributed by atoms with van der Waals surface area (Å²) in [7, 11) is 1.61. The maximum atomic E-state index is 12.9. The Labute approximate surface area is 182 Å². The molecule has 0 aliphatic carbocycles. The van der Waals surface area contributed by atoms with Gasteiger partial charge in [-0.3, -0.25) is 4.79 Å². The van der Waals surface area contributed by atoms with Gasteiger partial charge in [0.05, 0.1) is 31.3 Å². The second kappa shape index (κ2) is 10.5. The van der Waals surface area contributed by atoms with Gasteiger partial charge in [-0.15, -0.1) is 0 Å². The Morgan fingerprint density at radius 2 is 1.71 bits per heavy atom. The minimum Gasteiger partial charge on any atom is -0.497 e. The Morgan fingerprint density at radius 1 is 0.935 bits per heavy atom. The fourth-order valence-corrected chi connectivity index (χ4v) is 3.87. The summed E-state index contributed by atoms with van der Waals surface area (Å²) >= 11 is 0. The fraction of sp³-hybridized carbons (Fsp3) is 0.400. The van der Waals surface area contributed by atoms with E-state index in [1.807, 2.05) is 24.3 Å². The van der Waals surface area contributed by atoms with Crippen molar-refractivity contribution in [1.29, 1.82) is 0 Å². The van der Waals surface area contributed by atoms with E-state index in [4.69, 9.17) is 18.6 Å². The molecule has 0 atom stereocenters. The molecule has 2 heterocycles. The zero-order chi connectivity index (χ0) is 21.5. The van der Waals surface area contributed by atoms with Crippen molar-refractivity contribution in [3.8, 4) is 22.6 Å². The highest BCUT2D eigenvalue weighted by Gasteiger charge is 2.11. The Balaban J connectivity index is 1.32. The molecule has 1 aliphatic rings. The lowest BCUT2D eigenvalue weighted by Crippen LogP contribution is -2.32. The largest absolute Gasteiger partial charge is 0.497 e. The van der Waals surface area contributed by atoms with Crippen LogP contribution in [0, 0.1) is 0 Å². The average molecular weight is 424 g/mol. The van der Waals surface area contributed by atoms with Crippen LogP contribution in [0.1, 0.15) is 19.3 Å². The van der Waals surface area contributed by atoms with Crippen molar-refractivity contribution in [3.05, 3.63) is 59.0 Å². The summed E-state index contributed by atoms with van der Waals surface area (Å²) in [5.41, 5.74) is 1.74. The molecule has 164 valence electrons. The molecule has 0 bridgehead atoms. The normalized spacial score (nSPS) is 14.6. The van der Waals surface area contributed by atoms with Crippen LogP contribution in [0.15, 0.2) is 57.9 Å². The molecule has 3 aromatic rings. The fourth-order valence-electron chi connectivity index (χ4n) is 3.87. The molecule has 1 aliphatic heterocycles. The molecule has 0 amide bonds. The summed E-state index contributed by atoms with van der Waals surface area (Å²) in [5, 5.41) is 0.526. The van der Waals surface area contributed by atoms with Gasteiger partial charge in [-0.25, -0.2) is 0 Å². The summed E-state index contributed by atoms with van der Waals surface area (Å²) in [6.07, 6.45) is 5.44. The number of hydrogen-bond donors (Lipinski definition) is 0. The first-order valence-electron chi connectivity index (χ1n) is 10.9. The lowest BCUT2D eigenvalue weighted by atomic mass is 10.1. The van der Waals surface area contributed by atoms with Gasteiger partial charge in [0.25, 0.3) is 0 Å². The van der Waals surface area contributed by atoms with Crippen molar-refractivity contribution in [2.75, 3.05) is 46.6 Å². The van der Waals surface area contributed by atoms with E-state index in [0.717, 1.165) is 24.5 Å². The van der Waals surface area contributed by atoms with E-state index in [9.17, 15) is 4.79 Å². The second-order valence-corrected chi connectivity index (χ2v) is 7.73. The number of hydrogen-bond acceptors (Lipinski definition) is 6. The second-order valence-electron chi connectivity index (χ2n) is 7.73. The molecule has 1 aromatic heterocycles. The minimum atomic E-state index is -0.0704. The van der Waals surface area contributed by atoms with Crippen molar-refractivity contribution in [2.24, 2.45) is 0 Å². The number of piperidine rings is 1. The highest BCUT2D eigenvalue weighted by molar-refractivity contribution is 5.82. The zero-order valence-electron chi connectivity index (χ0n) is 18.0. The van der Waals surface area contributed by atoms with Crippen LogP contribution in [-0.2, 0) is 4.74 Å². The predicted molar refractivity (Wildman–Crippen MR) is 121 cm³/mol. The maximum absolute atomic E-state index is 12.9. The number of nitrogens with zero attached hydrogens (tertiary/aromatic N) is 1. The lowest BCUT2D eigenvalue weighted by Gasteiger charge is -2.26. The number of likely N-dealkylation sites (tertiary alicyclic amines) is 1. The first-order valence-corrected chi connectivity index (χ1v) is 10.9. The van der Waals surface area contributed by atoms with Gasteiger partial charge in [-0.2, -0.15) is 0 Å². The van der Waals surface area contributed by atoms with Crippen LogP contribution in [0.3, 0.4) is 0 Å². The third-order valence-corrected chi connectivity index (χ3v) is 5.64. The number of benzene rings is 2. The van der Waals surface area contributed by atoms with Gasteiger partial charge in [-0.05, 0) is 55.8 Å². The molecule has 31 heavy (non-hydrogen) atoms. The monoisotopic (exact) mass is 423 g/mol. The van der Waals surface area contributed by atoms with Crippen molar-refractivity contribution < 1.29 is 18.6 Å². The molecule has 6 nitrogen and oxygen atoms in total. The summed E-state index contributed by atoms with van der Waals surface area (Å²) in [5.74, 6) is 1.40. The van der Waals surface area contributed by atoms with E-state index in [1.54, 1.807) is 25.3 Å². The van der Waals surface area contributed by atoms with E-state index in [-0.39, 0.29) is 5.43 Å². The number of rotatable bonds is 9. The molecule has 1 saturated heterocycles. The van der Waals surface area contributed by atoms with Gasteiger partial charge < -0.3 is 23.5 Å². The topological polar surface area (TPSA) is 61.1 Å². The van der Waals surface area contributed by atoms with Crippen molar-refractivity contribution >= 4 is 11.0 Å². The number of fused-ring (bicyclic) bond motifs is 1. The SMILES string of the molecule is COc1ccc(-c2coc3cc(OCCOCCN4CCCCC4)ccc3c2=O)cc1. The smallest absolute Gasteiger partial charge is 0.200 e. The predicted octanol–water partition coefficient (Wildman–Crippen LogP) is 4.35. The molecular weight excluding hydrogens is 394 g/mol. The van der Waals surface area contributed by atoms with Gasteiger partial charge in [0.2, 0.25) is 0 Å². The van der Waals surface area contributed by atoms with Crippen molar-refractivity contribution in [3.63, 3.8) is 0 Å². The van der Waals surface area contributed by atoms with Gasteiger partial charge in [0, 0.05) is 12.6 Å². The third kappa shape index (κ3) is 5.46. The van der Waals surface area contributed by atoms with E-state index >= 15 is 0 Å². The lowest BCUT2D eigenvalue weighted by molar-refractivity contribution is 0.0750. The number of ether oxygens (including phenoxy) is 3. The number of methoxy groups -OCH3 is 1. The van der Waals surface area contributed by atoms with Crippen LogP contribution in [0.4, 0.5) is 0 Å². The first kappa shape index (κ1) is 21.4. The van der Waals surface area contributed by atoms with Crippen molar-refractivity contribution in [2.45, 2.75) is 19.3 Å². The molecule has 0 saturated carbocycles. The van der Waals surface area contributed by atoms with E-state index < -0.39 is 0 Å². The van der Waals surface area contributed by atoms with E-state index in [0.29, 0.717) is 35.5 Å². The van der Waals surface area contributed by atoms with Crippen LogP contribution in [0.25, 0.3) is 22.1 Å². The Kier molecular flexibility index (Phi) is 7.22. The zero-order valence-corrected chi connectivity index (χ0v) is 18.0. The van der Waals surface area contributed by atoms with Gasteiger partial charge in [0.1, 0.15) is 30.0 Å². The summed E-state index contributed by atoms with van der Waals surface area (Å²) in [6.45, 7) is 5.07. The Bertz CT molecular complexity index is 1040. The highest BCUT2D eigenvalue weighted by Crippen LogP contribution is 2.24. The summed E-state index contributed by atoms with van der Waals surface area (Å²) in [4.78, 5) is 15.4. The Morgan fingerprint density at radius 3 is 2.48 bits per heavy atom. The quantitative estimate of drug-likeness (QED) is 0.477. The van der Waals surface area contributed by atoms with Crippen LogP contribution in [-0.4, -0.2) is 51.5 Å². The first-order chi connectivity index (χ1) is 15.2. The molecule has 0 unspecified atom stereocenters. The van der Waals surface area contributed by atoms with Gasteiger partial charge in [-0.1, -0.05) is 18.6 Å². The molecule has 6 heteroatoms. The molecule has 4 rings (SSSR count). The molecule has 0 radical (unpaired) electrons. The minimum absolute atomic E-state index is 0.0704. The van der Waals surface area contributed by atoms with Crippen LogP contribution in [0.5, 0.6) is 11.5 Å². The average Bonchev–Trinajstić information content (AvgIpc) is 2.82. The van der Waals surface area contributed by atoms with Crippen molar-refractivity contribution in [1.82, 2.24) is 4.90 Å². The highest BCUT2D eigenvalue weighted by atomic mass is 16.5. The summed E-state index contributed by atoms with van der Waals surface area (Å²) in [6, 6.07) is 12.6. The molecular formula is C25H29NO5. The summed E-state index contributed by atoms with van der Waals surface area (Å²) < 4.78 is 22.4. The maximum Gasteiger partial charge on any atom is 0.200 e. The molecule has 0 N–H and O–H groups in total. The molecule has 0 spiro atoms. The van der Waals surface area contributed by atoms with Crippen LogP contribution < -0.4 is 14.9 Å².